The molecule has 0 aromatic carbocycles. The van der Waals surface area contributed by atoms with Crippen LogP contribution < -0.4 is 10.9 Å². The molecule has 0 unspecified atom stereocenters. The van der Waals surface area contributed by atoms with Gasteiger partial charge in [-0.25, -0.2) is 4.68 Å². The van der Waals surface area contributed by atoms with Gasteiger partial charge in [-0.2, -0.15) is 0 Å². The smallest absolute Gasteiger partial charge is 0.270 e. The monoisotopic (exact) mass is 207 g/mol. The highest BCUT2D eigenvalue weighted by atomic mass is 16.1. The van der Waals surface area contributed by atoms with Crippen molar-refractivity contribution in [2.45, 2.75) is 44.7 Å². The summed E-state index contributed by atoms with van der Waals surface area (Å²) in [5.74, 6) is 0. The Morgan fingerprint density at radius 2 is 2.07 bits per heavy atom. The highest BCUT2D eigenvalue weighted by molar-refractivity contribution is 5.20. The standard InChI is InChI=1S/C11H17N3O/c15-11-9-5-6-12-7-10(9)13-14(11)8-3-1-2-4-8/h8,12-13H,1-7H2. The fraction of sp³-hybridized carbons (Fsp3) is 0.727. The second-order valence-corrected chi connectivity index (χ2v) is 4.61. The SMILES string of the molecule is O=c1c2c([nH]n1C1CCCC1)CNCC2. The Hall–Kier alpha value is -1.03. The Bertz CT molecular complexity index is 412. The molecule has 0 atom stereocenters. The van der Waals surface area contributed by atoms with Crippen molar-refractivity contribution in [2.24, 2.45) is 0 Å². The van der Waals surface area contributed by atoms with E-state index in [4.69, 9.17) is 0 Å². The van der Waals surface area contributed by atoms with Crippen LogP contribution in [0.5, 0.6) is 0 Å². The number of aromatic nitrogens is 2. The third-order valence-corrected chi connectivity index (χ3v) is 3.64. The molecule has 0 bridgehead atoms. The molecule has 4 heteroatoms. The molecule has 0 spiro atoms. The van der Waals surface area contributed by atoms with Gasteiger partial charge in [-0.05, 0) is 25.8 Å². The van der Waals surface area contributed by atoms with E-state index in [1.807, 2.05) is 4.68 Å². The lowest BCUT2D eigenvalue weighted by atomic mass is 10.1. The normalized spacial score (nSPS) is 21.9. The molecule has 1 saturated carbocycles. The van der Waals surface area contributed by atoms with Crippen molar-refractivity contribution in [3.05, 3.63) is 21.6 Å². The van der Waals surface area contributed by atoms with Gasteiger partial charge in [0.15, 0.2) is 0 Å². The zero-order chi connectivity index (χ0) is 10.3. The molecule has 0 radical (unpaired) electrons. The Kier molecular flexibility index (Phi) is 2.16. The molecule has 1 aliphatic heterocycles. The average Bonchev–Trinajstić information content (AvgIpc) is 2.87. The maximum absolute atomic E-state index is 12.1. The summed E-state index contributed by atoms with van der Waals surface area (Å²) >= 11 is 0. The van der Waals surface area contributed by atoms with Gasteiger partial charge in [-0.3, -0.25) is 9.89 Å². The van der Waals surface area contributed by atoms with Gasteiger partial charge in [-0.1, -0.05) is 12.8 Å². The first-order valence-electron chi connectivity index (χ1n) is 5.89. The van der Waals surface area contributed by atoms with E-state index in [1.54, 1.807) is 0 Å². The first kappa shape index (κ1) is 9.21. The maximum atomic E-state index is 12.1. The molecule has 0 saturated heterocycles. The molecule has 2 heterocycles. The van der Waals surface area contributed by atoms with Gasteiger partial charge in [0.05, 0.1) is 11.7 Å². The number of rotatable bonds is 1. The molecular weight excluding hydrogens is 190 g/mol. The van der Waals surface area contributed by atoms with Crippen molar-refractivity contribution in [3.63, 3.8) is 0 Å². The van der Waals surface area contributed by atoms with Crippen LogP contribution in [0, 0.1) is 0 Å². The third kappa shape index (κ3) is 1.44. The Morgan fingerprint density at radius 1 is 1.27 bits per heavy atom. The maximum Gasteiger partial charge on any atom is 0.270 e. The number of nitrogens with zero attached hydrogens (tertiary/aromatic N) is 1. The minimum absolute atomic E-state index is 0.235. The van der Waals surface area contributed by atoms with Gasteiger partial charge < -0.3 is 5.32 Å². The Labute approximate surface area is 88.7 Å². The van der Waals surface area contributed by atoms with Gasteiger partial charge in [0, 0.05) is 12.1 Å². The molecule has 1 fully saturated rings. The van der Waals surface area contributed by atoms with Gasteiger partial charge in [0.25, 0.3) is 5.56 Å². The van der Waals surface area contributed by atoms with Crippen molar-refractivity contribution in [2.75, 3.05) is 6.54 Å². The number of hydrogen-bond donors (Lipinski definition) is 2. The molecule has 2 aliphatic rings. The van der Waals surface area contributed by atoms with Crippen molar-refractivity contribution >= 4 is 0 Å². The van der Waals surface area contributed by atoms with Crippen LogP contribution in [0.2, 0.25) is 0 Å². The zero-order valence-corrected chi connectivity index (χ0v) is 8.88. The number of aromatic amines is 1. The van der Waals surface area contributed by atoms with E-state index < -0.39 is 0 Å². The molecule has 1 aromatic rings. The van der Waals surface area contributed by atoms with Crippen LogP contribution in [0.4, 0.5) is 0 Å². The molecule has 4 nitrogen and oxygen atoms in total. The Morgan fingerprint density at radius 3 is 2.80 bits per heavy atom. The largest absolute Gasteiger partial charge is 0.311 e. The molecular formula is C11H17N3O. The van der Waals surface area contributed by atoms with Crippen molar-refractivity contribution in [1.29, 1.82) is 0 Å². The minimum Gasteiger partial charge on any atom is -0.311 e. The predicted octanol–water partition coefficient (Wildman–Crippen LogP) is 0.937. The van der Waals surface area contributed by atoms with Crippen molar-refractivity contribution in [3.8, 4) is 0 Å². The summed E-state index contributed by atoms with van der Waals surface area (Å²) in [4.78, 5) is 12.1. The summed E-state index contributed by atoms with van der Waals surface area (Å²) < 4.78 is 1.88. The lowest BCUT2D eigenvalue weighted by Crippen LogP contribution is -2.27. The van der Waals surface area contributed by atoms with E-state index in [-0.39, 0.29) is 5.56 Å². The van der Waals surface area contributed by atoms with Crippen LogP contribution in [-0.2, 0) is 13.0 Å². The van der Waals surface area contributed by atoms with Crippen LogP contribution in [0.1, 0.15) is 43.0 Å². The second-order valence-electron chi connectivity index (χ2n) is 4.61. The first-order chi connectivity index (χ1) is 7.36. The van der Waals surface area contributed by atoms with Gasteiger partial charge >= 0.3 is 0 Å². The van der Waals surface area contributed by atoms with E-state index >= 15 is 0 Å². The van der Waals surface area contributed by atoms with Gasteiger partial charge in [0.2, 0.25) is 0 Å². The fourth-order valence-electron chi connectivity index (χ4n) is 2.79. The topological polar surface area (TPSA) is 49.8 Å². The lowest BCUT2D eigenvalue weighted by Gasteiger charge is -2.10. The highest BCUT2D eigenvalue weighted by Crippen LogP contribution is 2.28. The first-order valence-corrected chi connectivity index (χ1v) is 5.89. The minimum atomic E-state index is 0.235. The molecule has 1 aromatic heterocycles. The van der Waals surface area contributed by atoms with E-state index in [0.717, 1.165) is 43.6 Å². The molecule has 1 aliphatic carbocycles. The van der Waals surface area contributed by atoms with Crippen LogP contribution in [0.15, 0.2) is 4.79 Å². The summed E-state index contributed by atoms with van der Waals surface area (Å²) in [6, 6.07) is 0.433. The molecule has 2 N–H and O–H groups in total. The molecule has 15 heavy (non-hydrogen) atoms. The quantitative estimate of drug-likeness (QED) is 0.720. The Balaban J connectivity index is 2.01. The van der Waals surface area contributed by atoms with Crippen LogP contribution in [-0.4, -0.2) is 16.3 Å². The van der Waals surface area contributed by atoms with E-state index in [1.165, 1.54) is 12.8 Å². The summed E-state index contributed by atoms with van der Waals surface area (Å²) in [7, 11) is 0. The molecule has 0 amide bonds. The number of hydrogen-bond acceptors (Lipinski definition) is 2. The van der Waals surface area contributed by atoms with E-state index in [9.17, 15) is 4.79 Å². The number of nitrogens with one attached hydrogen (secondary N) is 2. The van der Waals surface area contributed by atoms with Crippen LogP contribution in [0.3, 0.4) is 0 Å². The third-order valence-electron chi connectivity index (χ3n) is 3.64. The summed E-state index contributed by atoms with van der Waals surface area (Å²) in [5.41, 5.74) is 2.36. The van der Waals surface area contributed by atoms with E-state index in [2.05, 4.69) is 10.4 Å². The fourth-order valence-corrected chi connectivity index (χ4v) is 2.79. The predicted molar refractivity (Wildman–Crippen MR) is 58.0 cm³/mol. The molecule has 82 valence electrons. The summed E-state index contributed by atoms with van der Waals surface area (Å²) in [6.45, 7) is 1.76. The van der Waals surface area contributed by atoms with Gasteiger partial charge in [-0.15, -0.1) is 0 Å². The summed E-state index contributed by atoms with van der Waals surface area (Å²) in [6.07, 6.45) is 5.72. The summed E-state index contributed by atoms with van der Waals surface area (Å²) in [5, 5.41) is 6.57. The van der Waals surface area contributed by atoms with Crippen molar-refractivity contribution in [1.82, 2.24) is 15.1 Å². The number of fused-ring (bicyclic) bond motifs is 1. The van der Waals surface area contributed by atoms with Gasteiger partial charge in [0.1, 0.15) is 0 Å². The zero-order valence-electron chi connectivity index (χ0n) is 8.88. The average molecular weight is 207 g/mol. The highest BCUT2D eigenvalue weighted by Gasteiger charge is 2.23. The number of H-pyrrole nitrogens is 1. The molecule has 3 rings (SSSR count). The van der Waals surface area contributed by atoms with Crippen LogP contribution in [0.25, 0.3) is 0 Å². The van der Waals surface area contributed by atoms with Crippen molar-refractivity contribution < 1.29 is 0 Å². The second kappa shape index (κ2) is 3.52. The lowest BCUT2D eigenvalue weighted by molar-refractivity contribution is 0.450. The van der Waals surface area contributed by atoms with Crippen LogP contribution >= 0.6 is 0 Å². The van der Waals surface area contributed by atoms with E-state index in [0.29, 0.717) is 6.04 Å².